The van der Waals surface area contributed by atoms with Crippen LogP contribution in [0.2, 0.25) is 0 Å². The molecule has 0 aliphatic carbocycles. The maximum absolute atomic E-state index is 13.7. The van der Waals surface area contributed by atoms with E-state index in [0.717, 1.165) is 13.0 Å². The lowest BCUT2D eigenvalue weighted by atomic mass is 10.1. The maximum atomic E-state index is 13.7. The van der Waals surface area contributed by atoms with Gasteiger partial charge in [-0.25, -0.2) is 4.39 Å². The Morgan fingerprint density at radius 2 is 2.14 bits per heavy atom. The minimum atomic E-state index is -0.537. The molecule has 3 rings (SSSR count). The van der Waals surface area contributed by atoms with E-state index in [1.165, 1.54) is 24.4 Å². The van der Waals surface area contributed by atoms with E-state index in [2.05, 4.69) is 10.3 Å². The van der Waals surface area contributed by atoms with E-state index < -0.39 is 17.2 Å². The van der Waals surface area contributed by atoms with Gasteiger partial charge in [-0.2, -0.15) is 0 Å². The average Bonchev–Trinajstić information content (AvgIpc) is 3.00. The van der Waals surface area contributed by atoms with Gasteiger partial charge < -0.3 is 20.1 Å². The Bertz CT molecular complexity index is 941. The van der Waals surface area contributed by atoms with Crippen LogP contribution >= 0.6 is 0 Å². The Labute approximate surface area is 162 Å². The molecule has 7 nitrogen and oxygen atoms in total. The zero-order chi connectivity index (χ0) is 20.3. The van der Waals surface area contributed by atoms with Gasteiger partial charge in [0.1, 0.15) is 11.4 Å². The zero-order valence-corrected chi connectivity index (χ0v) is 16.1. The number of rotatable bonds is 7. The fourth-order valence-corrected chi connectivity index (χ4v) is 3.54. The molecular weight excluding hydrogens is 363 g/mol. The summed E-state index contributed by atoms with van der Waals surface area (Å²) in [6.07, 6.45) is 3.18. The molecule has 150 valence electrons. The second-order valence-corrected chi connectivity index (χ2v) is 7.32. The van der Waals surface area contributed by atoms with Crippen molar-refractivity contribution in [3.8, 4) is 0 Å². The molecule has 1 aromatic heterocycles. The highest BCUT2D eigenvalue weighted by Gasteiger charge is 2.30. The summed E-state index contributed by atoms with van der Waals surface area (Å²) in [5.74, 6) is -0.895. The van der Waals surface area contributed by atoms with Gasteiger partial charge in [-0.1, -0.05) is 6.07 Å². The number of H-pyrrole nitrogens is 1. The van der Waals surface area contributed by atoms with Crippen LogP contribution in [-0.2, 0) is 4.79 Å². The van der Waals surface area contributed by atoms with Crippen molar-refractivity contribution in [1.82, 2.24) is 20.1 Å². The first kappa shape index (κ1) is 20.0. The molecule has 1 fully saturated rings. The minimum Gasteiger partial charge on any atom is -0.358 e. The number of hydrogen-bond donors (Lipinski definition) is 2. The number of halogens is 1. The van der Waals surface area contributed by atoms with Crippen LogP contribution in [0, 0.1) is 5.82 Å². The molecule has 2 N–H and O–H groups in total. The number of nitrogens with one attached hydrogen (secondary N) is 2. The summed E-state index contributed by atoms with van der Waals surface area (Å²) in [6, 6.07) is 4.27. The highest BCUT2D eigenvalue weighted by atomic mass is 19.1. The summed E-state index contributed by atoms with van der Waals surface area (Å²) < 4.78 is 13.7. The van der Waals surface area contributed by atoms with Gasteiger partial charge in [-0.15, -0.1) is 0 Å². The van der Waals surface area contributed by atoms with Crippen LogP contribution in [0.15, 0.2) is 29.2 Å². The number of hydrogen-bond acceptors (Lipinski definition) is 4. The van der Waals surface area contributed by atoms with Crippen molar-refractivity contribution in [1.29, 1.82) is 0 Å². The van der Waals surface area contributed by atoms with Crippen LogP contribution in [0.5, 0.6) is 0 Å². The number of benzene rings is 1. The summed E-state index contributed by atoms with van der Waals surface area (Å²) in [5, 5.41) is 2.89. The molecule has 1 aromatic carbocycles. The van der Waals surface area contributed by atoms with Crippen LogP contribution in [0.25, 0.3) is 10.9 Å². The number of likely N-dealkylation sites (N-methyl/N-ethyl adjacent to an activating group) is 1. The standard InChI is InChI=1S/C20H25FN4O3/c1-24(2)10-11-25-13(6-7-17(25)26)8-9-22-20(28)15-12-23-18-14(19(15)27)4-3-5-16(18)21/h3-5,12-13H,6-11H2,1-2H3,(H,22,28)(H,23,27). The molecule has 28 heavy (non-hydrogen) atoms. The van der Waals surface area contributed by atoms with E-state index in [-0.39, 0.29) is 28.4 Å². The Kier molecular flexibility index (Phi) is 6.08. The Balaban J connectivity index is 1.61. The monoisotopic (exact) mass is 388 g/mol. The lowest BCUT2D eigenvalue weighted by Gasteiger charge is -2.26. The third-order valence-corrected chi connectivity index (χ3v) is 5.11. The fourth-order valence-electron chi connectivity index (χ4n) is 3.54. The number of likely N-dealkylation sites (tertiary alicyclic amines) is 1. The van der Waals surface area contributed by atoms with Crippen molar-refractivity contribution >= 4 is 22.7 Å². The van der Waals surface area contributed by atoms with Crippen molar-refractivity contribution in [2.24, 2.45) is 0 Å². The van der Waals surface area contributed by atoms with Crippen molar-refractivity contribution < 1.29 is 14.0 Å². The van der Waals surface area contributed by atoms with E-state index in [9.17, 15) is 18.8 Å². The summed E-state index contributed by atoms with van der Waals surface area (Å²) in [6.45, 7) is 1.81. The van der Waals surface area contributed by atoms with Crippen LogP contribution in [-0.4, -0.2) is 66.4 Å². The highest BCUT2D eigenvalue weighted by molar-refractivity contribution is 5.97. The second-order valence-electron chi connectivity index (χ2n) is 7.32. The summed E-state index contributed by atoms with van der Waals surface area (Å²) >= 11 is 0. The molecule has 1 atom stereocenters. The number of carbonyl (C=O) groups is 2. The van der Waals surface area contributed by atoms with E-state index in [0.29, 0.717) is 25.9 Å². The third-order valence-electron chi connectivity index (χ3n) is 5.11. The quantitative estimate of drug-likeness (QED) is 0.750. The number of carbonyl (C=O) groups excluding carboxylic acids is 2. The van der Waals surface area contributed by atoms with Gasteiger partial charge in [0.2, 0.25) is 11.3 Å². The number of para-hydroxylation sites is 1. The lowest BCUT2D eigenvalue weighted by Crippen LogP contribution is -2.40. The first-order valence-electron chi connectivity index (χ1n) is 9.41. The molecule has 1 saturated heterocycles. The number of pyridine rings is 1. The minimum absolute atomic E-state index is 0.0509. The summed E-state index contributed by atoms with van der Waals surface area (Å²) in [4.78, 5) is 43.5. The molecule has 0 radical (unpaired) electrons. The van der Waals surface area contributed by atoms with Gasteiger partial charge in [0.25, 0.3) is 5.91 Å². The Hall–Kier alpha value is -2.74. The average molecular weight is 388 g/mol. The fraction of sp³-hybridized carbons (Fsp3) is 0.450. The SMILES string of the molecule is CN(C)CCN1C(=O)CCC1CCNC(=O)c1c[nH]c2c(F)cccc2c1=O. The normalized spacial score (nSPS) is 16.9. The van der Waals surface area contributed by atoms with Crippen molar-refractivity contribution in [3.63, 3.8) is 0 Å². The molecule has 2 aromatic rings. The van der Waals surface area contributed by atoms with E-state index in [1.54, 1.807) is 0 Å². The smallest absolute Gasteiger partial charge is 0.256 e. The Morgan fingerprint density at radius 3 is 2.89 bits per heavy atom. The second kappa shape index (κ2) is 8.52. The predicted molar refractivity (Wildman–Crippen MR) is 105 cm³/mol. The third kappa shape index (κ3) is 4.22. The van der Waals surface area contributed by atoms with E-state index >= 15 is 0 Å². The van der Waals surface area contributed by atoms with Crippen LogP contribution in [0.3, 0.4) is 0 Å². The van der Waals surface area contributed by atoms with Crippen molar-refractivity contribution in [2.75, 3.05) is 33.7 Å². The summed E-state index contributed by atoms with van der Waals surface area (Å²) in [5.41, 5.74) is -0.468. The number of nitrogens with zero attached hydrogens (tertiary/aromatic N) is 2. The van der Waals surface area contributed by atoms with Crippen LogP contribution < -0.4 is 10.7 Å². The summed E-state index contributed by atoms with van der Waals surface area (Å²) in [7, 11) is 3.92. The molecule has 2 heterocycles. The lowest BCUT2D eigenvalue weighted by molar-refractivity contribution is -0.129. The van der Waals surface area contributed by atoms with Crippen LogP contribution in [0.1, 0.15) is 29.6 Å². The van der Waals surface area contributed by atoms with Gasteiger partial charge in [0, 0.05) is 43.7 Å². The predicted octanol–water partition coefficient (Wildman–Crippen LogP) is 1.34. The molecule has 8 heteroatoms. The Morgan fingerprint density at radius 1 is 1.36 bits per heavy atom. The molecular formula is C20H25FN4O3. The number of aromatic amines is 1. The molecule has 0 saturated carbocycles. The molecule has 0 bridgehead atoms. The molecule has 2 amide bonds. The van der Waals surface area contributed by atoms with Gasteiger partial charge >= 0.3 is 0 Å². The highest BCUT2D eigenvalue weighted by Crippen LogP contribution is 2.20. The topological polar surface area (TPSA) is 85.5 Å². The van der Waals surface area contributed by atoms with E-state index in [4.69, 9.17) is 0 Å². The van der Waals surface area contributed by atoms with Gasteiger partial charge in [0.15, 0.2) is 0 Å². The van der Waals surface area contributed by atoms with Gasteiger partial charge in [-0.05, 0) is 39.1 Å². The number of fused-ring (bicyclic) bond motifs is 1. The molecule has 1 aliphatic rings. The molecule has 1 unspecified atom stereocenters. The molecule has 0 spiro atoms. The largest absolute Gasteiger partial charge is 0.358 e. The van der Waals surface area contributed by atoms with Gasteiger partial charge in [-0.3, -0.25) is 14.4 Å². The van der Waals surface area contributed by atoms with Crippen molar-refractivity contribution in [2.45, 2.75) is 25.3 Å². The number of amides is 2. The van der Waals surface area contributed by atoms with Crippen LogP contribution in [0.4, 0.5) is 4.39 Å². The molecule has 1 aliphatic heterocycles. The first-order valence-corrected chi connectivity index (χ1v) is 9.41. The number of aromatic nitrogens is 1. The van der Waals surface area contributed by atoms with E-state index in [1.807, 2.05) is 23.9 Å². The first-order chi connectivity index (χ1) is 13.4. The maximum Gasteiger partial charge on any atom is 0.256 e. The van der Waals surface area contributed by atoms with Gasteiger partial charge in [0.05, 0.1) is 5.52 Å². The zero-order valence-electron chi connectivity index (χ0n) is 16.1. The van der Waals surface area contributed by atoms with Crippen molar-refractivity contribution in [3.05, 3.63) is 46.0 Å².